The topological polar surface area (TPSA) is 24.5 Å². The molecule has 3 nitrogen and oxygen atoms in total. The quantitative estimate of drug-likeness (QED) is 0.795. The molecule has 3 heteroatoms. The second-order valence-corrected chi connectivity index (χ2v) is 5.74. The number of hydrogen-bond donors (Lipinski definition) is 1. The van der Waals surface area contributed by atoms with Gasteiger partial charge in [-0.25, -0.2) is 0 Å². The third-order valence-corrected chi connectivity index (χ3v) is 4.72. The number of hydrogen-bond acceptors (Lipinski definition) is 3. The highest BCUT2D eigenvalue weighted by Crippen LogP contribution is 2.32. The second-order valence-electron chi connectivity index (χ2n) is 5.74. The van der Waals surface area contributed by atoms with E-state index in [1.165, 1.54) is 38.5 Å². The molecule has 1 atom stereocenters. The number of nitrogens with one attached hydrogen (secondary N) is 1. The van der Waals surface area contributed by atoms with Gasteiger partial charge in [-0.3, -0.25) is 4.90 Å². The van der Waals surface area contributed by atoms with Crippen LogP contribution >= 0.6 is 0 Å². The molecule has 1 saturated carbocycles. The maximum Gasteiger partial charge on any atom is 0.0620 e. The van der Waals surface area contributed by atoms with E-state index in [2.05, 4.69) is 24.2 Å². The van der Waals surface area contributed by atoms with Gasteiger partial charge in [0.15, 0.2) is 0 Å². The van der Waals surface area contributed by atoms with E-state index in [-0.39, 0.29) is 0 Å². The summed E-state index contributed by atoms with van der Waals surface area (Å²) < 4.78 is 5.44. The summed E-state index contributed by atoms with van der Waals surface area (Å²) >= 11 is 0. The molecule has 1 saturated heterocycles. The van der Waals surface area contributed by atoms with Crippen molar-refractivity contribution in [2.45, 2.75) is 57.0 Å². The van der Waals surface area contributed by atoms with Crippen LogP contribution in [0.2, 0.25) is 0 Å². The van der Waals surface area contributed by atoms with Gasteiger partial charge in [0.2, 0.25) is 0 Å². The molecule has 1 unspecified atom stereocenters. The molecule has 1 heterocycles. The summed E-state index contributed by atoms with van der Waals surface area (Å²) in [7, 11) is 2.29. The summed E-state index contributed by atoms with van der Waals surface area (Å²) in [4.78, 5) is 2.56. The smallest absolute Gasteiger partial charge is 0.0620 e. The average Bonchev–Trinajstić information content (AvgIpc) is 2.89. The summed E-state index contributed by atoms with van der Waals surface area (Å²) in [5.74, 6) is 0. The Balaban J connectivity index is 1.89. The van der Waals surface area contributed by atoms with E-state index in [4.69, 9.17) is 4.74 Å². The molecule has 0 aromatic carbocycles. The molecule has 2 aliphatic rings. The van der Waals surface area contributed by atoms with E-state index in [0.717, 1.165) is 26.3 Å². The van der Waals surface area contributed by atoms with Crippen molar-refractivity contribution < 1.29 is 4.74 Å². The zero-order valence-electron chi connectivity index (χ0n) is 11.5. The molecule has 0 spiro atoms. The van der Waals surface area contributed by atoms with Crippen molar-refractivity contribution in [3.8, 4) is 0 Å². The molecule has 1 N–H and O–H groups in total. The van der Waals surface area contributed by atoms with Gasteiger partial charge < -0.3 is 10.1 Å². The Morgan fingerprint density at radius 3 is 2.65 bits per heavy atom. The highest BCUT2D eigenvalue weighted by molar-refractivity contribution is 4.94. The Morgan fingerprint density at radius 1 is 1.29 bits per heavy atom. The fourth-order valence-corrected chi connectivity index (χ4v) is 3.27. The van der Waals surface area contributed by atoms with Crippen molar-refractivity contribution in [1.29, 1.82) is 0 Å². The number of nitrogens with zero attached hydrogens (tertiary/aromatic N) is 1. The maximum atomic E-state index is 5.44. The minimum atomic E-state index is 0.412. The van der Waals surface area contributed by atoms with Crippen LogP contribution < -0.4 is 5.32 Å². The molecule has 2 rings (SSSR count). The number of likely N-dealkylation sites (N-methyl/N-ethyl adjacent to an activating group) is 1. The molecule has 17 heavy (non-hydrogen) atoms. The zero-order chi connectivity index (χ0) is 12.1. The van der Waals surface area contributed by atoms with Gasteiger partial charge in [-0.1, -0.05) is 26.2 Å². The SMILES string of the molecule is CCN(C)C1(CNC2CCOC2)CCCCC1. The van der Waals surface area contributed by atoms with Gasteiger partial charge in [0.1, 0.15) is 0 Å². The Kier molecular flexibility index (Phi) is 4.83. The Labute approximate surface area is 106 Å². The third kappa shape index (κ3) is 3.21. The third-order valence-electron chi connectivity index (χ3n) is 4.72. The van der Waals surface area contributed by atoms with E-state index in [9.17, 15) is 0 Å². The first-order chi connectivity index (χ1) is 8.27. The molecule has 1 aliphatic carbocycles. The molecular formula is C14H28N2O. The highest BCUT2D eigenvalue weighted by Gasteiger charge is 2.35. The van der Waals surface area contributed by atoms with E-state index >= 15 is 0 Å². The van der Waals surface area contributed by atoms with Crippen LogP contribution in [0.3, 0.4) is 0 Å². The van der Waals surface area contributed by atoms with Gasteiger partial charge in [-0.05, 0) is 32.9 Å². The first kappa shape index (κ1) is 13.3. The van der Waals surface area contributed by atoms with E-state index in [0.29, 0.717) is 11.6 Å². The van der Waals surface area contributed by atoms with Gasteiger partial charge in [0, 0.05) is 24.7 Å². The van der Waals surface area contributed by atoms with Crippen LogP contribution in [0.4, 0.5) is 0 Å². The van der Waals surface area contributed by atoms with Crippen molar-refractivity contribution in [2.24, 2.45) is 0 Å². The molecule has 2 fully saturated rings. The summed E-state index contributed by atoms with van der Waals surface area (Å²) in [6.45, 7) is 6.42. The first-order valence-corrected chi connectivity index (χ1v) is 7.29. The van der Waals surface area contributed by atoms with Gasteiger partial charge in [-0.15, -0.1) is 0 Å². The van der Waals surface area contributed by atoms with Gasteiger partial charge in [0.05, 0.1) is 6.61 Å². The monoisotopic (exact) mass is 240 g/mol. The molecule has 100 valence electrons. The highest BCUT2D eigenvalue weighted by atomic mass is 16.5. The predicted octanol–water partition coefficient (Wildman–Crippen LogP) is 2.02. The fourth-order valence-electron chi connectivity index (χ4n) is 3.27. The molecule has 0 aromatic rings. The molecule has 0 radical (unpaired) electrons. The van der Waals surface area contributed by atoms with E-state index < -0.39 is 0 Å². The van der Waals surface area contributed by atoms with Gasteiger partial charge >= 0.3 is 0 Å². The molecule has 0 aromatic heterocycles. The lowest BCUT2D eigenvalue weighted by Crippen LogP contribution is -2.55. The summed E-state index contributed by atoms with van der Waals surface area (Å²) in [6.07, 6.45) is 8.12. The normalized spacial score (nSPS) is 28.8. The van der Waals surface area contributed by atoms with Crippen molar-refractivity contribution in [2.75, 3.05) is 33.4 Å². The van der Waals surface area contributed by atoms with Gasteiger partial charge in [-0.2, -0.15) is 0 Å². The lowest BCUT2D eigenvalue weighted by molar-refractivity contribution is 0.0750. The Hall–Kier alpha value is -0.120. The molecule has 0 amide bonds. The molecule has 0 bridgehead atoms. The molecule has 1 aliphatic heterocycles. The van der Waals surface area contributed by atoms with Crippen LogP contribution in [-0.2, 0) is 4.74 Å². The van der Waals surface area contributed by atoms with Gasteiger partial charge in [0.25, 0.3) is 0 Å². The first-order valence-electron chi connectivity index (χ1n) is 7.29. The number of ether oxygens (including phenoxy) is 1. The van der Waals surface area contributed by atoms with Crippen LogP contribution in [0.5, 0.6) is 0 Å². The largest absolute Gasteiger partial charge is 0.380 e. The lowest BCUT2D eigenvalue weighted by atomic mass is 9.80. The molecular weight excluding hydrogens is 212 g/mol. The van der Waals surface area contributed by atoms with Crippen LogP contribution in [0, 0.1) is 0 Å². The van der Waals surface area contributed by atoms with Crippen LogP contribution in [0.1, 0.15) is 45.4 Å². The number of rotatable bonds is 5. The predicted molar refractivity (Wildman–Crippen MR) is 71.3 cm³/mol. The second kappa shape index (κ2) is 6.17. The van der Waals surface area contributed by atoms with E-state index in [1.807, 2.05) is 0 Å². The van der Waals surface area contributed by atoms with Crippen molar-refractivity contribution in [3.63, 3.8) is 0 Å². The minimum Gasteiger partial charge on any atom is -0.380 e. The summed E-state index contributed by atoms with van der Waals surface area (Å²) in [5.41, 5.74) is 0.412. The standard InChI is InChI=1S/C14H28N2O/c1-3-16(2)14(8-5-4-6-9-14)12-15-13-7-10-17-11-13/h13,15H,3-12H2,1-2H3. The van der Waals surface area contributed by atoms with E-state index in [1.54, 1.807) is 0 Å². The Morgan fingerprint density at radius 2 is 2.06 bits per heavy atom. The minimum absolute atomic E-state index is 0.412. The zero-order valence-corrected chi connectivity index (χ0v) is 11.5. The maximum absolute atomic E-state index is 5.44. The van der Waals surface area contributed by atoms with Crippen molar-refractivity contribution >= 4 is 0 Å². The average molecular weight is 240 g/mol. The fraction of sp³-hybridized carbons (Fsp3) is 1.00. The van der Waals surface area contributed by atoms with Crippen molar-refractivity contribution in [1.82, 2.24) is 10.2 Å². The Bertz CT molecular complexity index is 220. The van der Waals surface area contributed by atoms with Crippen LogP contribution in [0.25, 0.3) is 0 Å². The van der Waals surface area contributed by atoms with Crippen LogP contribution in [-0.4, -0.2) is 49.8 Å². The summed E-state index contributed by atoms with van der Waals surface area (Å²) in [5, 5.41) is 3.74. The lowest BCUT2D eigenvalue weighted by Gasteiger charge is -2.45. The summed E-state index contributed by atoms with van der Waals surface area (Å²) in [6, 6.07) is 0.596. The van der Waals surface area contributed by atoms with Crippen LogP contribution in [0.15, 0.2) is 0 Å². The van der Waals surface area contributed by atoms with Crippen molar-refractivity contribution in [3.05, 3.63) is 0 Å².